The maximum Gasteiger partial charge on any atom is 0.410 e. The molecule has 4 nitrogen and oxygen atoms in total. The first-order chi connectivity index (χ1) is 10.7. The fourth-order valence-electron chi connectivity index (χ4n) is 2.63. The van der Waals surface area contributed by atoms with Crippen LogP contribution in [-0.2, 0) is 11.3 Å². The van der Waals surface area contributed by atoms with Crippen molar-refractivity contribution in [3.05, 3.63) is 34.6 Å². The van der Waals surface area contributed by atoms with Crippen molar-refractivity contribution in [2.45, 2.75) is 39.3 Å². The van der Waals surface area contributed by atoms with Crippen LogP contribution in [0.25, 0.3) is 0 Å². The van der Waals surface area contributed by atoms with Gasteiger partial charge in [0.15, 0.2) is 0 Å². The van der Waals surface area contributed by atoms with Crippen LogP contribution in [0.5, 0.6) is 0 Å². The topological polar surface area (TPSA) is 41.6 Å². The molecule has 0 spiro atoms. The zero-order chi connectivity index (χ0) is 17.0. The van der Waals surface area contributed by atoms with Crippen molar-refractivity contribution in [1.82, 2.24) is 10.2 Å². The van der Waals surface area contributed by atoms with Gasteiger partial charge in [-0.1, -0.05) is 11.6 Å². The Labute approximate surface area is 141 Å². The SMILES string of the molecule is CC(C)(C)OC(=O)N1CCC(CNCc2cc(F)cc(Cl)c2)C1. The highest BCUT2D eigenvalue weighted by Gasteiger charge is 2.29. The predicted molar refractivity (Wildman–Crippen MR) is 89.0 cm³/mol. The van der Waals surface area contributed by atoms with Crippen molar-refractivity contribution >= 4 is 17.7 Å². The number of likely N-dealkylation sites (tertiary alicyclic amines) is 1. The third-order valence-electron chi connectivity index (χ3n) is 3.62. The zero-order valence-corrected chi connectivity index (χ0v) is 14.6. The Balaban J connectivity index is 1.74. The molecule has 23 heavy (non-hydrogen) atoms. The van der Waals surface area contributed by atoms with Crippen LogP contribution in [0, 0.1) is 11.7 Å². The highest BCUT2D eigenvalue weighted by atomic mass is 35.5. The van der Waals surface area contributed by atoms with Gasteiger partial charge in [-0.3, -0.25) is 0 Å². The summed E-state index contributed by atoms with van der Waals surface area (Å²) >= 11 is 5.84. The molecule has 0 saturated carbocycles. The van der Waals surface area contributed by atoms with Crippen LogP contribution >= 0.6 is 11.6 Å². The first kappa shape index (κ1) is 18.0. The van der Waals surface area contributed by atoms with E-state index in [9.17, 15) is 9.18 Å². The summed E-state index contributed by atoms with van der Waals surface area (Å²) < 4.78 is 18.6. The van der Waals surface area contributed by atoms with Crippen molar-refractivity contribution in [3.63, 3.8) is 0 Å². The minimum Gasteiger partial charge on any atom is -0.444 e. The van der Waals surface area contributed by atoms with Gasteiger partial charge in [-0.05, 0) is 56.9 Å². The lowest BCUT2D eigenvalue weighted by molar-refractivity contribution is 0.0288. The number of ether oxygens (including phenoxy) is 1. The summed E-state index contributed by atoms with van der Waals surface area (Å²) in [4.78, 5) is 13.8. The fraction of sp³-hybridized carbons (Fsp3) is 0.588. The van der Waals surface area contributed by atoms with E-state index in [1.807, 2.05) is 20.8 Å². The quantitative estimate of drug-likeness (QED) is 0.904. The van der Waals surface area contributed by atoms with Crippen molar-refractivity contribution in [3.8, 4) is 0 Å². The summed E-state index contributed by atoms with van der Waals surface area (Å²) in [5.74, 6) is 0.0535. The summed E-state index contributed by atoms with van der Waals surface area (Å²) in [6.07, 6.45) is 0.688. The molecule has 1 atom stereocenters. The predicted octanol–water partition coefficient (Wildman–Crippen LogP) is 3.83. The van der Waals surface area contributed by atoms with Crippen LogP contribution < -0.4 is 5.32 Å². The Morgan fingerprint density at radius 2 is 2.17 bits per heavy atom. The molecule has 0 radical (unpaired) electrons. The lowest BCUT2D eigenvalue weighted by Gasteiger charge is -2.24. The number of nitrogens with zero attached hydrogens (tertiary/aromatic N) is 1. The van der Waals surface area contributed by atoms with E-state index in [0.717, 1.165) is 18.5 Å². The van der Waals surface area contributed by atoms with Gasteiger partial charge in [-0.25, -0.2) is 9.18 Å². The molecule has 1 saturated heterocycles. The molecule has 1 fully saturated rings. The van der Waals surface area contributed by atoms with Gasteiger partial charge in [0.25, 0.3) is 0 Å². The van der Waals surface area contributed by atoms with Crippen LogP contribution in [0.3, 0.4) is 0 Å². The largest absolute Gasteiger partial charge is 0.444 e. The van der Waals surface area contributed by atoms with Crippen molar-refractivity contribution in [2.75, 3.05) is 19.6 Å². The minimum absolute atomic E-state index is 0.253. The Morgan fingerprint density at radius 1 is 1.43 bits per heavy atom. The Kier molecular flexibility index (Phi) is 5.87. The molecule has 6 heteroatoms. The number of amides is 1. The molecular formula is C17H24ClFN2O2. The van der Waals surface area contributed by atoms with Crippen LogP contribution in [0.4, 0.5) is 9.18 Å². The van der Waals surface area contributed by atoms with Gasteiger partial charge in [0.1, 0.15) is 11.4 Å². The second-order valence-corrected chi connectivity index (χ2v) is 7.43. The fourth-order valence-corrected chi connectivity index (χ4v) is 2.87. The number of carbonyl (C=O) groups is 1. The Hall–Kier alpha value is -1.33. The first-order valence-electron chi connectivity index (χ1n) is 7.86. The van der Waals surface area contributed by atoms with E-state index in [1.54, 1.807) is 11.0 Å². The number of carbonyl (C=O) groups excluding carboxylic acids is 1. The molecule has 1 unspecified atom stereocenters. The van der Waals surface area contributed by atoms with Gasteiger partial charge in [0, 0.05) is 31.2 Å². The lowest BCUT2D eigenvalue weighted by Crippen LogP contribution is -2.36. The normalized spacial score (nSPS) is 18.3. The van der Waals surface area contributed by atoms with E-state index in [-0.39, 0.29) is 11.9 Å². The van der Waals surface area contributed by atoms with E-state index >= 15 is 0 Å². The van der Waals surface area contributed by atoms with E-state index in [1.165, 1.54) is 12.1 Å². The minimum atomic E-state index is -0.468. The van der Waals surface area contributed by atoms with E-state index < -0.39 is 5.60 Å². The molecule has 1 N–H and O–H groups in total. The second-order valence-electron chi connectivity index (χ2n) is 6.99. The molecule has 1 aromatic rings. The molecule has 1 amide bonds. The number of hydrogen-bond acceptors (Lipinski definition) is 3. The summed E-state index contributed by atoms with van der Waals surface area (Å²) in [6.45, 7) is 8.32. The average Bonchev–Trinajstić information content (AvgIpc) is 2.84. The molecule has 1 aliphatic heterocycles. The maximum atomic E-state index is 13.3. The van der Waals surface area contributed by atoms with Gasteiger partial charge in [0.05, 0.1) is 0 Å². The van der Waals surface area contributed by atoms with Gasteiger partial charge in [0.2, 0.25) is 0 Å². The van der Waals surface area contributed by atoms with Gasteiger partial charge in [-0.2, -0.15) is 0 Å². The molecule has 0 aromatic heterocycles. The third-order valence-corrected chi connectivity index (χ3v) is 3.84. The molecule has 2 rings (SSSR count). The Morgan fingerprint density at radius 3 is 2.83 bits per heavy atom. The first-order valence-corrected chi connectivity index (χ1v) is 8.24. The zero-order valence-electron chi connectivity index (χ0n) is 13.9. The smallest absolute Gasteiger partial charge is 0.410 e. The highest BCUT2D eigenvalue weighted by molar-refractivity contribution is 6.30. The van der Waals surface area contributed by atoms with Crippen LogP contribution in [0.2, 0.25) is 5.02 Å². The second kappa shape index (κ2) is 7.49. The summed E-state index contributed by atoms with van der Waals surface area (Å²) in [6, 6.07) is 4.51. The number of hydrogen-bond donors (Lipinski definition) is 1. The molecule has 1 heterocycles. The molecule has 0 bridgehead atoms. The third kappa shape index (κ3) is 5.99. The van der Waals surface area contributed by atoms with E-state index in [2.05, 4.69) is 5.32 Å². The maximum absolute atomic E-state index is 13.3. The van der Waals surface area contributed by atoms with E-state index in [0.29, 0.717) is 30.6 Å². The molecule has 1 aromatic carbocycles. The summed E-state index contributed by atoms with van der Waals surface area (Å²) in [5.41, 5.74) is 0.348. The molecule has 128 valence electrons. The molecular weight excluding hydrogens is 319 g/mol. The Bertz CT molecular complexity index is 540. The number of halogens is 2. The average molecular weight is 343 g/mol. The monoisotopic (exact) mass is 342 g/mol. The number of rotatable bonds is 4. The number of benzene rings is 1. The van der Waals surface area contributed by atoms with Crippen LogP contribution in [0.1, 0.15) is 32.8 Å². The highest BCUT2D eigenvalue weighted by Crippen LogP contribution is 2.19. The standard InChI is InChI=1S/C17H24ClFN2O2/c1-17(2,3)23-16(22)21-5-4-12(11-21)9-20-10-13-6-14(18)8-15(19)7-13/h6-8,12,20H,4-5,9-11H2,1-3H3. The van der Waals surface area contributed by atoms with E-state index in [4.69, 9.17) is 16.3 Å². The van der Waals surface area contributed by atoms with Crippen LogP contribution in [0.15, 0.2) is 18.2 Å². The number of nitrogens with one attached hydrogen (secondary N) is 1. The van der Waals surface area contributed by atoms with Gasteiger partial charge in [-0.15, -0.1) is 0 Å². The van der Waals surface area contributed by atoms with Crippen molar-refractivity contribution in [1.29, 1.82) is 0 Å². The molecule has 0 aliphatic carbocycles. The summed E-state index contributed by atoms with van der Waals surface area (Å²) in [7, 11) is 0. The van der Waals surface area contributed by atoms with Gasteiger partial charge >= 0.3 is 6.09 Å². The summed E-state index contributed by atoms with van der Waals surface area (Å²) in [5, 5.41) is 3.70. The van der Waals surface area contributed by atoms with Crippen LogP contribution in [-0.4, -0.2) is 36.2 Å². The van der Waals surface area contributed by atoms with Crippen molar-refractivity contribution < 1.29 is 13.9 Å². The van der Waals surface area contributed by atoms with Gasteiger partial charge < -0.3 is 15.0 Å². The molecule has 1 aliphatic rings. The van der Waals surface area contributed by atoms with Crippen molar-refractivity contribution in [2.24, 2.45) is 5.92 Å². The lowest BCUT2D eigenvalue weighted by atomic mass is 10.1.